The van der Waals surface area contributed by atoms with Crippen LogP contribution in [0.5, 0.6) is 0 Å². The molecular formula is C10H14OS. The second-order valence-corrected chi connectivity index (χ2v) is 4.12. The molecule has 1 heterocycles. The molecule has 0 saturated carbocycles. The average Bonchev–Trinajstić information content (AvgIpc) is 2.35. The first kappa shape index (κ1) is 9.49. The lowest BCUT2D eigenvalue weighted by Gasteiger charge is -2.20. The van der Waals surface area contributed by atoms with Crippen molar-refractivity contribution in [1.82, 2.24) is 0 Å². The lowest BCUT2D eigenvalue weighted by molar-refractivity contribution is 0.0639. The minimum atomic E-state index is -0.736. The van der Waals surface area contributed by atoms with Crippen molar-refractivity contribution in [2.45, 2.75) is 25.9 Å². The second kappa shape index (κ2) is 3.42. The summed E-state index contributed by atoms with van der Waals surface area (Å²) in [4.78, 5) is 1.04. The fourth-order valence-corrected chi connectivity index (χ4v) is 2.30. The van der Waals surface area contributed by atoms with Crippen molar-refractivity contribution in [3.05, 3.63) is 34.5 Å². The van der Waals surface area contributed by atoms with Gasteiger partial charge in [0.05, 0.1) is 5.60 Å². The molecule has 1 aromatic rings. The Morgan fingerprint density at radius 2 is 2.42 bits per heavy atom. The Morgan fingerprint density at radius 1 is 1.75 bits per heavy atom. The Kier molecular flexibility index (Phi) is 2.70. The Balaban J connectivity index is 2.96. The lowest BCUT2D eigenvalue weighted by Crippen LogP contribution is -2.19. The Labute approximate surface area is 77.4 Å². The van der Waals surface area contributed by atoms with Crippen LogP contribution in [0, 0.1) is 6.92 Å². The largest absolute Gasteiger partial charge is 0.384 e. The highest BCUT2D eigenvalue weighted by atomic mass is 32.1. The van der Waals surface area contributed by atoms with Gasteiger partial charge in [0.15, 0.2) is 0 Å². The standard InChI is InChI=1S/C10H14OS/c1-4-6-10(3,11)9-8(2)5-7-12-9/h4-5,7,11H,1,6H2,2-3H3. The van der Waals surface area contributed by atoms with Gasteiger partial charge in [-0.25, -0.2) is 0 Å². The van der Waals surface area contributed by atoms with Gasteiger partial charge < -0.3 is 5.11 Å². The van der Waals surface area contributed by atoms with E-state index >= 15 is 0 Å². The molecular weight excluding hydrogens is 168 g/mol. The number of hydrogen-bond donors (Lipinski definition) is 1. The first-order chi connectivity index (χ1) is 5.58. The summed E-state index contributed by atoms with van der Waals surface area (Å²) in [6, 6.07) is 2.03. The summed E-state index contributed by atoms with van der Waals surface area (Å²) in [6.45, 7) is 7.47. The molecule has 0 aliphatic rings. The maximum Gasteiger partial charge on any atom is 0.0996 e. The molecule has 0 spiro atoms. The van der Waals surface area contributed by atoms with E-state index in [2.05, 4.69) is 6.58 Å². The molecule has 0 radical (unpaired) electrons. The summed E-state index contributed by atoms with van der Waals surface area (Å²) >= 11 is 1.60. The molecule has 0 bridgehead atoms. The van der Waals surface area contributed by atoms with Crippen LogP contribution in [0.3, 0.4) is 0 Å². The van der Waals surface area contributed by atoms with Gasteiger partial charge in [-0.05, 0) is 37.3 Å². The van der Waals surface area contributed by atoms with Crippen molar-refractivity contribution in [3.8, 4) is 0 Å². The van der Waals surface area contributed by atoms with Gasteiger partial charge in [-0.3, -0.25) is 0 Å². The SMILES string of the molecule is C=CCC(C)(O)c1sccc1C. The molecule has 1 atom stereocenters. The molecule has 1 rings (SSSR count). The summed E-state index contributed by atoms with van der Waals surface area (Å²) in [5, 5.41) is 12.0. The topological polar surface area (TPSA) is 20.2 Å². The highest BCUT2D eigenvalue weighted by molar-refractivity contribution is 7.10. The minimum Gasteiger partial charge on any atom is -0.384 e. The zero-order valence-corrected chi connectivity index (χ0v) is 8.32. The Hall–Kier alpha value is -0.600. The highest BCUT2D eigenvalue weighted by Crippen LogP contribution is 2.31. The van der Waals surface area contributed by atoms with Crippen molar-refractivity contribution >= 4 is 11.3 Å². The maximum atomic E-state index is 9.99. The van der Waals surface area contributed by atoms with Gasteiger partial charge in [-0.15, -0.1) is 17.9 Å². The number of rotatable bonds is 3. The van der Waals surface area contributed by atoms with Crippen LogP contribution in [0.4, 0.5) is 0 Å². The van der Waals surface area contributed by atoms with Gasteiger partial charge in [0.25, 0.3) is 0 Å². The van der Waals surface area contributed by atoms with Crippen LogP contribution in [-0.4, -0.2) is 5.11 Å². The van der Waals surface area contributed by atoms with Gasteiger partial charge >= 0.3 is 0 Å². The third-order valence-electron chi connectivity index (χ3n) is 1.89. The lowest BCUT2D eigenvalue weighted by atomic mass is 9.98. The predicted molar refractivity (Wildman–Crippen MR) is 53.4 cm³/mol. The van der Waals surface area contributed by atoms with Crippen LogP contribution in [0.1, 0.15) is 23.8 Å². The molecule has 1 aromatic heterocycles. The van der Waals surface area contributed by atoms with Gasteiger partial charge in [-0.1, -0.05) is 6.08 Å². The first-order valence-corrected chi connectivity index (χ1v) is 4.84. The van der Waals surface area contributed by atoms with Crippen LogP contribution in [0.2, 0.25) is 0 Å². The Morgan fingerprint density at radius 3 is 2.83 bits per heavy atom. The fourth-order valence-electron chi connectivity index (χ4n) is 1.30. The third-order valence-corrected chi connectivity index (χ3v) is 3.16. The molecule has 2 heteroatoms. The summed E-state index contributed by atoms with van der Waals surface area (Å²) in [5.74, 6) is 0. The van der Waals surface area contributed by atoms with E-state index in [1.165, 1.54) is 0 Å². The van der Waals surface area contributed by atoms with E-state index in [0.29, 0.717) is 6.42 Å². The zero-order valence-electron chi connectivity index (χ0n) is 7.50. The number of hydrogen-bond acceptors (Lipinski definition) is 2. The van der Waals surface area contributed by atoms with Crippen molar-refractivity contribution < 1.29 is 5.11 Å². The van der Waals surface area contributed by atoms with E-state index in [9.17, 15) is 5.11 Å². The van der Waals surface area contributed by atoms with Crippen molar-refractivity contribution in [1.29, 1.82) is 0 Å². The molecule has 0 aliphatic heterocycles. The normalized spacial score (nSPS) is 15.6. The number of aryl methyl sites for hydroxylation is 1. The minimum absolute atomic E-state index is 0.606. The third kappa shape index (κ3) is 1.76. The Bertz CT molecular complexity index is 273. The van der Waals surface area contributed by atoms with Crippen molar-refractivity contribution in [2.75, 3.05) is 0 Å². The summed E-state index contributed by atoms with van der Waals surface area (Å²) in [7, 11) is 0. The summed E-state index contributed by atoms with van der Waals surface area (Å²) in [5.41, 5.74) is 0.423. The van der Waals surface area contributed by atoms with E-state index in [1.807, 2.05) is 25.3 Å². The van der Waals surface area contributed by atoms with Crippen LogP contribution in [0.15, 0.2) is 24.1 Å². The monoisotopic (exact) mass is 182 g/mol. The molecule has 12 heavy (non-hydrogen) atoms. The van der Waals surface area contributed by atoms with E-state index in [0.717, 1.165) is 10.4 Å². The summed E-state index contributed by atoms with van der Waals surface area (Å²) in [6.07, 6.45) is 2.35. The average molecular weight is 182 g/mol. The smallest absolute Gasteiger partial charge is 0.0996 e. The molecule has 0 fully saturated rings. The van der Waals surface area contributed by atoms with Gasteiger partial charge in [0, 0.05) is 4.88 Å². The maximum absolute atomic E-state index is 9.99. The summed E-state index contributed by atoms with van der Waals surface area (Å²) < 4.78 is 0. The molecule has 0 aliphatic carbocycles. The molecule has 0 saturated heterocycles. The zero-order chi connectivity index (χ0) is 9.19. The van der Waals surface area contributed by atoms with Gasteiger partial charge in [-0.2, -0.15) is 0 Å². The van der Waals surface area contributed by atoms with Crippen LogP contribution in [0.25, 0.3) is 0 Å². The predicted octanol–water partition coefficient (Wildman–Crippen LogP) is 2.84. The quantitative estimate of drug-likeness (QED) is 0.713. The molecule has 1 N–H and O–H groups in total. The van der Waals surface area contributed by atoms with Crippen LogP contribution < -0.4 is 0 Å². The van der Waals surface area contributed by atoms with E-state index in [1.54, 1.807) is 17.4 Å². The van der Waals surface area contributed by atoms with E-state index in [4.69, 9.17) is 0 Å². The van der Waals surface area contributed by atoms with Crippen LogP contribution in [-0.2, 0) is 5.60 Å². The molecule has 66 valence electrons. The van der Waals surface area contributed by atoms with E-state index < -0.39 is 5.60 Å². The molecule has 0 aromatic carbocycles. The van der Waals surface area contributed by atoms with Gasteiger partial charge in [0.2, 0.25) is 0 Å². The van der Waals surface area contributed by atoms with Crippen LogP contribution >= 0.6 is 11.3 Å². The highest BCUT2D eigenvalue weighted by Gasteiger charge is 2.24. The van der Waals surface area contributed by atoms with E-state index in [-0.39, 0.29) is 0 Å². The first-order valence-electron chi connectivity index (χ1n) is 3.96. The number of thiophene rings is 1. The second-order valence-electron chi connectivity index (χ2n) is 3.20. The molecule has 0 amide bonds. The van der Waals surface area contributed by atoms with Gasteiger partial charge in [0.1, 0.15) is 0 Å². The molecule has 1 unspecified atom stereocenters. The molecule has 1 nitrogen and oxygen atoms in total. The van der Waals surface area contributed by atoms with Crippen molar-refractivity contribution in [3.63, 3.8) is 0 Å². The fraction of sp³-hybridized carbons (Fsp3) is 0.400. The van der Waals surface area contributed by atoms with Crippen molar-refractivity contribution in [2.24, 2.45) is 0 Å². The number of aliphatic hydroxyl groups is 1.